The molecule has 0 bridgehead atoms. The Labute approximate surface area is 302 Å². The molecule has 10 aromatic rings. The van der Waals surface area contributed by atoms with Gasteiger partial charge in [0.05, 0.1) is 22.4 Å². The Bertz CT molecular complexity index is 2760. The molecule has 0 unspecified atom stereocenters. The van der Waals surface area contributed by atoms with E-state index in [2.05, 4.69) is 131 Å². The van der Waals surface area contributed by atoms with Crippen LogP contribution in [0.15, 0.2) is 200 Å². The van der Waals surface area contributed by atoms with Gasteiger partial charge in [-0.1, -0.05) is 140 Å². The molecule has 0 amide bonds. The van der Waals surface area contributed by atoms with Gasteiger partial charge in [0.2, 0.25) is 0 Å². The predicted octanol–water partition coefficient (Wildman–Crippen LogP) is 12.9. The van der Waals surface area contributed by atoms with Gasteiger partial charge in [-0.25, -0.2) is 9.97 Å². The van der Waals surface area contributed by atoms with E-state index in [1.165, 1.54) is 21.5 Å². The Balaban J connectivity index is 0.000000548. The summed E-state index contributed by atoms with van der Waals surface area (Å²) in [6.45, 7) is 0. The van der Waals surface area contributed by atoms with Gasteiger partial charge in [-0.05, 0) is 71.4 Å². The highest BCUT2D eigenvalue weighted by molar-refractivity contribution is 6.08. The maximum absolute atomic E-state index is 5.12. The van der Waals surface area contributed by atoms with E-state index in [0.29, 0.717) is 0 Å². The van der Waals surface area contributed by atoms with Crippen LogP contribution in [0.2, 0.25) is 0 Å². The number of aromatic nitrogens is 3. The van der Waals surface area contributed by atoms with Crippen molar-refractivity contribution >= 4 is 60.7 Å². The smallest absolute Gasteiger partial charge is 0.0973 e. The number of benzene rings is 8. The number of para-hydroxylation sites is 3. The van der Waals surface area contributed by atoms with Crippen LogP contribution in [0.3, 0.4) is 0 Å². The highest BCUT2D eigenvalue weighted by atomic mass is 15.1. The molecule has 2 heterocycles. The van der Waals surface area contributed by atoms with Gasteiger partial charge in [-0.15, -0.1) is 0 Å². The molecule has 0 aliphatic heterocycles. The van der Waals surface area contributed by atoms with E-state index in [0.717, 1.165) is 61.6 Å². The first-order chi connectivity index (χ1) is 25.8. The highest BCUT2D eigenvalue weighted by Crippen LogP contribution is 2.40. The van der Waals surface area contributed by atoms with Crippen molar-refractivity contribution < 1.29 is 0 Å². The van der Waals surface area contributed by atoms with Gasteiger partial charge in [0.1, 0.15) is 0 Å². The summed E-state index contributed by atoms with van der Waals surface area (Å²) in [5.74, 6) is 0. The van der Waals surface area contributed by atoms with Crippen molar-refractivity contribution in [3.05, 3.63) is 200 Å². The summed E-state index contributed by atoms with van der Waals surface area (Å²) in [7, 11) is 0. The third-order valence-corrected chi connectivity index (χ3v) is 9.42. The summed E-state index contributed by atoms with van der Waals surface area (Å²) in [6.07, 6.45) is 0. The number of nitrogens with one attached hydrogen (secondary N) is 1. The second kappa shape index (κ2) is 13.7. The van der Waals surface area contributed by atoms with Gasteiger partial charge < -0.3 is 9.88 Å². The zero-order valence-electron chi connectivity index (χ0n) is 28.4. The molecule has 1 N–H and O–H groups in total. The van der Waals surface area contributed by atoms with Crippen LogP contribution in [0.25, 0.3) is 66.1 Å². The molecular formula is C48H34N4. The Morgan fingerprint density at radius 1 is 0.346 bits per heavy atom. The molecule has 0 saturated heterocycles. The number of anilines is 3. The minimum absolute atomic E-state index is 0.869. The fourth-order valence-corrected chi connectivity index (χ4v) is 6.89. The molecule has 0 fully saturated rings. The summed E-state index contributed by atoms with van der Waals surface area (Å²) in [5.41, 5.74) is 11.1. The Kier molecular flexibility index (Phi) is 8.16. The van der Waals surface area contributed by atoms with Gasteiger partial charge in [0, 0.05) is 50.0 Å². The molecule has 0 aliphatic carbocycles. The Morgan fingerprint density at radius 3 is 1.56 bits per heavy atom. The van der Waals surface area contributed by atoms with Gasteiger partial charge in [-0.2, -0.15) is 0 Å². The summed E-state index contributed by atoms with van der Waals surface area (Å²) in [6, 6.07) is 69.4. The van der Waals surface area contributed by atoms with Gasteiger partial charge >= 0.3 is 0 Å². The molecule has 10 rings (SSSR count). The minimum atomic E-state index is 0.869. The molecule has 4 nitrogen and oxygen atoms in total. The van der Waals surface area contributed by atoms with Crippen molar-refractivity contribution in [2.75, 3.05) is 4.90 Å². The van der Waals surface area contributed by atoms with Gasteiger partial charge in [-0.3, -0.25) is 0 Å². The van der Waals surface area contributed by atoms with Crippen molar-refractivity contribution in [1.82, 2.24) is 15.0 Å². The first kappa shape index (κ1) is 31.0. The van der Waals surface area contributed by atoms with Crippen LogP contribution in [0.1, 0.15) is 0 Å². The molecule has 0 radical (unpaired) electrons. The molecule has 8 aromatic carbocycles. The van der Waals surface area contributed by atoms with E-state index in [1.54, 1.807) is 0 Å². The number of hydrogen-bond acceptors (Lipinski definition) is 3. The van der Waals surface area contributed by atoms with Crippen molar-refractivity contribution in [2.45, 2.75) is 0 Å². The van der Waals surface area contributed by atoms with Crippen molar-refractivity contribution in [1.29, 1.82) is 0 Å². The summed E-state index contributed by atoms with van der Waals surface area (Å²) in [5, 5.41) is 4.84. The molecule has 0 spiro atoms. The molecule has 4 heteroatoms. The van der Waals surface area contributed by atoms with E-state index in [1.807, 2.05) is 78.9 Å². The third-order valence-electron chi connectivity index (χ3n) is 9.42. The van der Waals surface area contributed by atoms with Gasteiger partial charge in [0.25, 0.3) is 0 Å². The second-order valence-corrected chi connectivity index (χ2v) is 12.7. The number of nitrogens with zero attached hydrogens (tertiary/aromatic N) is 3. The topological polar surface area (TPSA) is 44.8 Å². The minimum Gasteiger partial charge on any atom is -0.355 e. The molecule has 0 saturated carbocycles. The Morgan fingerprint density at radius 2 is 0.846 bits per heavy atom. The SMILES string of the molecule is c1ccc(-c2nc3ccccc3nc2-c2ccc(N(c3ccc4ccccc4c3)c3ccc4[nH]c5ccccc5c4c3)cc2)cc1.c1ccccc1. The van der Waals surface area contributed by atoms with Crippen LogP contribution in [0.4, 0.5) is 17.1 Å². The zero-order chi connectivity index (χ0) is 34.7. The van der Waals surface area contributed by atoms with Crippen LogP contribution < -0.4 is 4.90 Å². The lowest BCUT2D eigenvalue weighted by Crippen LogP contribution is -2.10. The summed E-state index contributed by atoms with van der Waals surface area (Å²) < 4.78 is 0. The van der Waals surface area contributed by atoms with Crippen LogP contribution >= 0.6 is 0 Å². The fraction of sp³-hybridized carbons (Fsp3) is 0. The number of H-pyrrole nitrogens is 1. The van der Waals surface area contributed by atoms with Gasteiger partial charge in [0.15, 0.2) is 0 Å². The first-order valence-electron chi connectivity index (χ1n) is 17.5. The quantitative estimate of drug-likeness (QED) is 0.199. The van der Waals surface area contributed by atoms with E-state index < -0.39 is 0 Å². The lowest BCUT2D eigenvalue weighted by atomic mass is 10.0. The first-order valence-corrected chi connectivity index (χ1v) is 17.5. The number of rotatable bonds is 5. The average molecular weight is 667 g/mol. The van der Waals surface area contributed by atoms with E-state index in [4.69, 9.17) is 9.97 Å². The normalized spacial score (nSPS) is 11.1. The standard InChI is InChI=1S/C42H28N4.C6H6/c1-2-11-29(12-3-1)41-42(45-40-17-9-8-16-39(40)44-41)30-19-21-32(22-20-30)46(33-23-18-28-10-4-5-13-31(28)26-33)34-24-25-38-36(27-34)35-14-6-7-15-37(35)43-38;1-2-4-6-5-3-1/h1-27,43H;1-6H. The molecule has 0 atom stereocenters. The van der Waals surface area contributed by atoms with Crippen molar-refractivity contribution in [3.8, 4) is 22.5 Å². The number of aromatic amines is 1. The van der Waals surface area contributed by atoms with Crippen LogP contribution in [-0.4, -0.2) is 15.0 Å². The van der Waals surface area contributed by atoms with Crippen LogP contribution in [-0.2, 0) is 0 Å². The Hall–Kier alpha value is -7.04. The zero-order valence-corrected chi connectivity index (χ0v) is 28.4. The third kappa shape index (κ3) is 6.03. The maximum atomic E-state index is 5.12. The van der Waals surface area contributed by atoms with E-state index in [-0.39, 0.29) is 0 Å². The molecular weight excluding hydrogens is 633 g/mol. The van der Waals surface area contributed by atoms with E-state index in [9.17, 15) is 0 Å². The average Bonchev–Trinajstić information content (AvgIpc) is 3.60. The second-order valence-electron chi connectivity index (χ2n) is 12.7. The summed E-state index contributed by atoms with van der Waals surface area (Å²) in [4.78, 5) is 16.1. The van der Waals surface area contributed by atoms with Crippen LogP contribution in [0, 0.1) is 0 Å². The molecule has 246 valence electrons. The summed E-state index contributed by atoms with van der Waals surface area (Å²) >= 11 is 0. The lowest BCUT2D eigenvalue weighted by Gasteiger charge is -2.26. The lowest BCUT2D eigenvalue weighted by molar-refractivity contribution is 1.28. The van der Waals surface area contributed by atoms with E-state index >= 15 is 0 Å². The fourth-order valence-electron chi connectivity index (χ4n) is 6.89. The highest BCUT2D eigenvalue weighted by Gasteiger charge is 2.17. The van der Waals surface area contributed by atoms with Crippen LogP contribution in [0.5, 0.6) is 0 Å². The number of fused-ring (bicyclic) bond motifs is 5. The monoisotopic (exact) mass is 666 g/mol. The van der Waals surface area contributed by atoms with Crippen molar-refractivity contribution in [2.24, 2.45) is 0 Å². The van der Waals surface area contributed by atoms with Crippen molar-refractivity contribution in [3.63, 3.8) is 0 Å². The predicted molar refractivity (Wildman–Crippen MR) is 218 cm³/mol. The molecule has 2 aromatic heterocycles. The maximum Gasteiger partial charge on any atom is 0.0973 e. The molecule has 0 aliphatic rings. The number of hydrogen-bond donors (Lipinski definition) is 1. The molecule has 52 heavy (non-hydrogen) atoms. The largest absolute Gasteiger partial charge is 0.355 e.